The number of amides is 4. The Kier molecular flexibility index (Phi) is 5.20. The van der Waals surface area contributed by atoms with Gasteiger partial charge in [-0.3, -0.25) is 19.4 Å². The molecule has 0 unspecified atom stereocenters. The summed E-state index contributed by atoms with van der Waals surface area (Å²) in [7, 11) is 0. The van der Waals surface area contributed by atoms with Crippen LogP contribution in [0.1, 0.15) is 19.8 Å². The summed E-state index contributed by atoms with van der Waals surface area (Å²) in [5.74, 6) is -1.06. The minimum atomic E-state index is -0.953. The van der Waals surface area contributed by atoms with Gasteiger partial charge in [0.1, 0.15) is 17.9 Å². The molecule has 7 nitrogen and oxygen atoms in total. The van der Waals surface area contributed by atoms with Gasteiger partial charge >= 0.3 is 6.03 Å². The molecule has 1 aliphatic carbocycles. The van der Waals surface area contributed by atoms with Gasteiger partial charge in [-0.05, 0) is 62.1 Å². The third kappa shape index (κ3) is 3.89. The maximum absolute atomic E-state index is 13.4. The molecule has 9 heteroatoms. The van der Waals surface area contributed by atoms with Gasteiger partial charge in [-0.2, -0.15) is 0 Å². The third-order valence-electron chi connectivity index (χ3n) is 6.08. The van der Waals surface area contributed by atoms with Crippen molar-refractivity contribution in [1.29, 1.82) is 0 Å². The minimum absolute atomic E-state index is 0.108. The second-order valence-electron chi connectivity index (χ2n) is 8.38. The zero-order valence-corrected chi connectivity index (χ0v) is 18.6. The van der Waals surface area contributed by atoms with E-state index in [1.807, 2.05) is 6.07 Å². The SMILES string of the molecule is C[C@@]1(C2CC2)NC(=O)N(CC(=O)N(c2ccccc2)c2nc(-c3ccc(F)cc3)cs2)C1=O. The first-order valence-electron chi connectivity index (χ1n) is 10.6. The summed E-state index contributed by atoms with van der Waals surface area (Å²) < 4.78 is 13.3. The Balaban J connectivity index is 1.44. The van der Waals surface area contributed by atoms with Crippen LogP contribution in [0.4, 0.5) is 20.0 Å². The zero-order chi connectivity index (χ0) is 23.2. The third-order valence-corrected chi connectivity index (χ3v) is 6.90. The summed E-state index contributed by atoms with van der Waals surface area (Å²) in [6, 6.07) is 14.3. The number of benzene rings is 2. The molecule has 2 aromatic carbocycles. The molecule has 0 radical (unpaired) electrons. The van der Waals surface area contributed by atoms with Crippen molar-refractivity contribution in [3.05, 3.63) is 65.8 Å². The van der Waals surface area contributed by atoms with Crippen LogP contribution in [0.15, 0.2) is 60.0 Å². The number of nitrogens with zero attached hydrogens (tertiary/aromatic N) is 3. The highest BCUT2D eigenvalue weighted by atomic mass is 32.1. The number of halogens is 1. The molecular formula is C24H21FN4O3S. The highest BCUT2D eigenvalue weighted by molar-refractivity contribution is 7.14. The molecule has 3 aromatic rings. The van der Waals surface area contributed by atoms with Gasteiger partial charge in [-0.25, -0.2) is 14.2 Å². The van der Waals surface area contributed by atoms with E-state index in [0.29, 0.717) is 22.1 Å². The van der Waals surface area contributed by atoms with Gasteiger partial charge in [-0.1, -0.05) is 18.2 Å². The Morgan fingerprint density at radius 3 is 2.55 bits per heavy atom. The van der Waals surface area contributed by atoms with Gasteiger partial charge in [0.15, 0.2) is 5.13 Å². The van der Waals surface area contributed by atoms with Crippen LogP contribution in [0.25, 0.3) is 11.3 Å². The lowest BCUT2D eigenvalue weighted by atomic mass is 9.96. The quantitative estimate of drug-likeness (QED) is 0.551. The van der Waals surface area contributed by atoms with Crippen molar-refractivity contribution < 1.29 is 18.8 Å². The number of hydrogen-bond acceptors (Lipinski definition) is 5. The van der Waals surface area contributed by atoms with Crippen LogP contribution < -0.4 is 10.2 Å². The molecule has 5 rings (SSSR count). The summed E-state index contributed by atoms with van der Waals surface area (Å²) in [5.41, 5.74) is 0.930. The van der Waals surface area contributed by atoms with Crippen molar-refractivity contribution >= 4 is 40.0 Å². The fourth-order valence-electron chi connectivity index (χ4n) is 4.06. The van der Waals surface area contributed by atoms with Crippen LogP contribution in [-0.4, -0.2) is 39.8 Å². The van der Waals surface area contributed by atoms with Crippen molar-refractivity contribution in [3.63, 3.8) is 0 Å². The minimum Gasteiger partial charge on any atom is -0.323 e. The van der Waals surface area contributed by atoms with Crippen LogP contribution in [0.2, 0.25) is 0 Å². The van der Waals surface area contributed by atoms with E-state index in [2.05, 4.69) is 10.3 Å². The van der Waals surface area contributed by atoms with Gasteiger partial charge < -0.3 is 5.32 Å². The van der Waals surface area contributed by atoms with Crippen molar-refractivity contribution in [2.24, 2.45) is 5.92 Å². The Bertz CT molecular complexity index is 1230. The van der Waals surface area contributed by atoms with E-state index in [1.54, 1.807) is 48.7 Å². The predicted molar refractivity (Wildman–Crippen MR) is 122 cm³/mol. The molecule has 4 amide bonds. The molecule has 33 heavy (non-hydrogen) atoms. The Morgan fingerprint density at radius 2 is 1.88 bits per heavy atom. The number of carbonyl (C=O) groups excluding carboxylic acids is 3. The Hall–Kier alpha value is -3.59. The molecule has 2 aliphatic rings. The first kappa shape index (κ1) is 21.3. The first-order chi connectivity index (χ1) is 15.9. The smallest absolute Gasteiger partial charge is 0.323 e. The molecule has 168 valence electrons. The zero-order valence-electron chi connectivity index (χ0n) is 17.8. The van der Waals surface area contributed by atoms with Crippen LogP contribution in [0.3, 0.4) is 0 Å². The number of anilines is 2. The molecular weight excluding hydrogens is 443 g/mol. The topological polar surface area (TPSA) is 82.6 Å². The normalized spacial score (nSPS) is 20.1. The number of urea groups is 1. The van der Waals surface area contributed by atoms with Crippen LogP contribution >= 0.6 is 11.3 Å². The van der Waals surface area contributed by atoms with Crippen LogP contribution in [0, 0.1) is 11.7 Å². The van der Waals surface area contributed by atoms with E-state index in [-0.39, 0.29) is 17.6 Å². The largest absolute Gasteiger partial charge is 0.325 e. The fraction of sp³-hybridized carbons (Fsp3) is 0.250. The number of imide groups is 1. The van der Waals surface area contributed by atoms with Gasteiger partial charge in [0.2, 0.25) is 0 Å². The maximum atomic E-state index is 13.4. The monoisotopic (exact) mass is 464 g/mol. The molecule has 1 N–H and O–H groups in total. The van der Waals surface area contributed by atoms with Crippen molar-refractivity contribution in [3.8, 4) is 11.3 Å². The molecule has 0 bridgehead atoms. The lowest BCUT2D eigenvalue weighted by molar-refractivity contribution is -0.134. The number of nitrogens with one attached hydrogen (secondary N) is 1. The summed E-state index contributed by atoms with van der Waals surface area (Å²) in [6.45, 7) is 1.33. The number of rotatable bonds is 6. The van der Waals surface area contributed by atoms with E-state index < -0.39 is 24.0 Å². The summed E-state index contributed by atoms with van der Waals surface area (Å²) in [6.07, 6.45) is 1.76. The average Bonchev–Trinajstić information content (AvgIpc) is 3.53. The van der Waals surface area contributed by atoms with E-state index in [1.165, 1.54) is 28.4 Å². The van der Waals surface area contributed by atoms with Gasteiger partial charge in [0, 0.05) is 10.9 Å². The van der Waals surface area contributed by atoms with Crippen molar-refractivity contribution in [2.75, 3.05) is 11.4 Å². The lowest BCUT2D eigenvalue weighted by Crippen LogP contribution is -2.47. The van der Waals surface area contributed by atoms with Gasteiger partial charge in [0.05, 0.1) is 11.4 Å². The van der Waals surface area contributed by atoms with Gasteiger partial charge in [-0.15, -0.1) is 11.3 Å². The number of hydrogen-bond donors (Lipinski definition) is 1. The van der Waals surface area contributed by atoms with E-state index >= 15 is 0 Å². The number of para-hydroxylation sites is 1. The van der Waals surface area contributed by atoms with Crippen LogP contribution in [0.5, 0.6) is 0 Å². The molecule has 2 fully saturated rings. The predicted octanol–water partition coefficient (Wildman–Crippen LogP) is 4.33. The standard InChI is InChI=1S/C24H21FN4O3S/c1-24(16-9-10-16)21(31)28(22(32)27-24)13-20(30)29(18-5-3-2-4-6-18)23-26-19(14-33-23)15-7-11-17(25)12-8-15/h2-8,11-12,14,16H,9-10,13H2,1H3,(H,27,32)/t24-/m0/s1. The lowest BCUT2D eigenvalue weighted by Gasteiger charge is -2.23. The number of thiazole rings is 1. The Morgan fingerprint density at radius 1 is 1.18 bits per heavy atom. The van der Waals surface area contributed by atoms with E-state index in [9.17, 15) is 18.8 Å². The number of carbonyl (C=O) groups is 3. The van der Waals surface area contributed by atoms with Crippen molar-refractivity contribution in [2.45, 2.75) is 25.3 Å². The maximum Gasteiger partial charge on any atom is 0.325 e. The van der Waals surface area contributed by atoms with E-state index in [0.717, 1.165) is 17.7 Å². The summed E-state index contributed by atoms with van der Waals surface area (Å²) in [5, 5.41) is 4.94. The molecule has 1 saturated carbocycles. The second kappa shape index (κ2) is 8.08. The Labute approximate surface area is 193 Å². The summed E-state index contributed by atoms with van der Waals surface area (Å²) >= 11 is 1.25. The molecule has 1 saturated heterocycles. The van der Waals surface area contributed by atoms with E-state index in [4.69, 9.17) is 0 Å². The molecule has 0 spiro atoms. The molecule has 1 aliphatic heterocycles. The second-order valence-corrected chi connectivity index (χ2v) is 9.22. The van der Waals surface area contributed by atoms with Crippen molar-refractivity contribution in [1.82, 2.24) is 15.2 Å². The van der Waals surface area contributed by atoms with Gasteiger partial charge in [0.25, 0.3) is 11.8 Å². The fourth-order valence-corrected chi connectivity index (χ4v) is 4.93. The average molecular weight is 465 g/mol. The highest BCUT2D eigenvalue weighted by Crippen LogP contribution is 2.42. The van der Waals surface area contributed by atoms with Crippen LogP contribution in [-0.2, 0) is 9.59 Å². The first-order valence-corrected chi connectivity index (χ1v) is 11.5. The summed E-state index contributed by atoms with van der Waals surface area (Å²) in [4.78, 5) is 46.0. The molecule has 2 heterocycles. The number of aromatic nitrogens is 1. The molecule has 1 aromatic heterocycles. The molecule has 1 atom stereocenters. The highest BCUT2D eigenvalue weighted by Gasteiger charge is 2.56.